The summed E-state index contributed by atoms with van der Waals surface area (Å²) in [6, 6.07) is 0. The third kappa shape index (κ3) is 329. The van der Waals surface area contributed by atoms with Crippen molar-refractivity contribution in [3.63, 3.8) is 0 Å². The van der Waals surface area contributed by atoms with Gasteiger partial charge in [-0.1, -0.05) is 0 Å². The van der Waals surface area contributed by atoms with Crippen molar-refractivity contribution in [2.75, 3.05) is 0 Å². The van der Waals surface area contributed by atoms with Crippen molar-refractivity contribution in [3.05, 3.63) is 0 Å². The molecule has 0 radical (unpaired) electrons. The maximum atomic E-state index is 0. The van der Waals surface area contributed by atoms with Crippen molar-refractivity contribution in [3.8, 4) is 0 Å². The number of hydrogen-bond acceptors (Lipinski definition) is 0. The molecular formula is H14Cl3O7Tb. The summed E-state index contributed by atoms with van der Waals surface area (Å²) >= 11 is 0. The van der Waals surface area contributed by atoms with E-state index in [0.717, 1.165) is 0 Å². The Morgan fingerprint density at radius 2 is 0.273 bits per heavy atom. The van der Waals surface area contributed by atoms with Gasteiger partial charge in [-0.2, -0.15) is 0 Å². The average Bonchev–Trinajstić information content (AvgIpc) is 0. The van der Waals surface area contributed by atoms with Crippen LogP contribution < -0.4 is 37.2 Å². The van der Waals surface area contributed by atoms with E-state index in [-0.39, 0.29) is 114 Å². The van der Waals surface area contributed by atoms with E-state index in [1.54, 1.807) is 0 Å². The third-order valence-electron chi connectivity index (χ3n) is 0. The Morgan fingerprint density at radius 3 is 0.273 bits per heavy atom. The number of rotatable bonds is 0. The monoisotopic (exact) mass is 390 g/mol. The van der Waals surface area contributed by atoms with Crippen LogP contribution in [-0.4, -0.2) is 38.3 Å². The summed E-state index contributed by atoms with van der Waals surface area (Å²) in [4.78, 5) is 0. The second-order valence-electron chi connectivity index (χ2n) is 0. The normalized spacial score (nSPS) is 0. The molecule has 0 aromatic rings. The van der Waals surface area contributed by atoms with Crippen LogP contribution in [0.2, 0.25) is 0 Å². The molecule has 0 bridgehead atoms. The summed E-state index contributed by atoms with van der Waals surface area (Å²) in [5, 5.41) is 0. The van der Waals surface area contributed by atoms with Crippen LogP contribution in [0.5, 0.6) is 0 Å². The van der Waals surface area contributed by atoms with Gasteiger partial charge in [-0.15, -0.1) is 0 Å². The second-order valence-corrected chi connectivity index (χ2v) is 0. The molecule has 0 amide bonds. The maximum Gasteiger partial charge on any atom is 3.00 e. The Labute approximate surface area is 113 Å². The van der Waals surface area contributed by atoms with Crippen molar-refractivity contribution >= 4 is 0 Å². The summed E-state index contributed by atoms with van der Waals surface area (Å²) < 4.78 is 0. The quantitative estimate of drug-likeness (QED) is 0.375. The van der Waals surface area contributed by atoms with E-state index in [9.17, 15) is 0 Å². The summed E-state index contributed by atoms with van der Waals surface area (Å²) in [6.07, 6.45) is 0. The Hall–Kier alpha value is 1.88. The van der Waals surface area contributed by atoms with Gasteiger partial charge in [0.25, 0.3) is 0 Å². The molecule has 0 saturated carbocycles. The van der Waals surface area contributed by atoms with Crippen LogP contribution in [-0.2, 0) is 0 Å². The minimum absolute atomic E-state index is 0. The predicted molar refractivity (Wildman–Crippen MR) is 25.3 cm³/mol. The van der Waals surface area contributed by atoms with Gasteiger partial charge in [0.1, 0.15) is 0 Å². The van der Waals surface area contributed by atoms with Gasteiger partial charge in [0.05, 0.1) is 0 Å². The smallest absolute Gasteiger partial charge is 1.00 e. The molecular weight excluding hydrogens is 377 g/mol. The van der Waals surface area contributed by atoms with Gasteiger partial charge in [0, 0.05) is 0 Å². The zero-order valence-corrected chi connectivity index (χ0v) is 9.37. The van der Waals surface area contributed by atoms with Crippen LogP contribution in [0.1, 0.15) is 0 Å². The van der Waals surface area contributed by atoms with E-state index >= 15 is 0 Å². The van der Waals surface area contributed by atoms with Crippen LogP contribution >= 0.6 is 0 Å². The molecule has 0 fully saturated rings. The fourth-order valence-corrected chi connectivity index (χ4v) is 0. The first-order valence-corrected chi connectivity index (χ1v) is 0. The minimum Gasteiger partial charge on any atom is -1.00 e. The summed E-state index contributed by atoms with van der Waals surface area (Å²) in [5.74, 6) is 0. The first-order chi connectivity index (χ1) is 0. The van der Waals surface area contributed by atoms with Gasteiger partial charge in [-0.3, -0.25) is 0 Å². The third-order valence-corrected chi connectivity index (χ3v) is 0. The maximum absolute atomic E-state index is 0. The van der Waals surface area contributed by atoms with Crippen molar-refractivity contribution in [2.24, 2.45) is 0 Å². The van der Waals surface area contributed by atoms with Crippen molar-refractivity contribution in [2.45, 2.75) is 0 Å². The van der Waals surface area contributed by atoms with Gasteiger partial charge < -0.3 is 75.6 Å². The Bertz CT molecular complexity index is 13.6. The molecule has 0 rings (SSSR count). The van der Waals surface area contributed by atoms with Gasteiger partial charge in [0.15, 0.2) is 0 Å². The number of halogens is 3. The van der Waals surface area contributed by atoms with E-state index in [0.29, 0.717) is 0 Å². The standard InChI is InChI=1S/3ClH.7H2O.Tb/h3*1H;7*1H2;/q;;;;;;;;;;+3/p-3. The molecule has 0 saturated heterocycles. The Balaban J connectivity index is 0. The molecule has 0 heterocycles. The van der Waals surface area contributed by atoms with Gasteiger partial charge >= 0.3 is 38.6 Å². The molecule has 0 aromatic carbocycles. The van der Waals surface area contributed by atoms with Gasteiger partial charge in [0.2, 0.25) is 0 Å². The van der Waals surface area contributed by atoms with Crippen LogP contribution in [0, 0.1) is 38.6 Å². The Morgan fingerprint density at radius 1 is 0.273 bits per heavy atom. The van der Waals surface area contributed by atoms with Gasteiger partial charge in [-0.05, 0) is 0 Å². The fourth-order valence-electron chi connectivity index (χ4n) is 0. The summed E-state index contributed by atoms with van der Waals surface area (Å²) in [7, 11) is 0. The van der Waals surface area contributed by atoms with Crippen molar-refractivity contribution in [1.29, 1.82) is 0 Å². The molecule has 0 spiro atoms. The molecule has 11 heavy (non-hydrogen) atoms. The molecule has 0 aromatic heterocycles. The minimum atomic E-state index is 0. The topological polar surface area (TPSA) is 220 Å². The zero-order valence-electron chi connectivity index (χ0n) is 4.97. The average molecular weight is 391 g/mol. The van der Waals surface area contributed by atoms with Crippen LogP contribution in [0.25, 0.3) is 0 Å². The molecule has 86 valence electrons. The van der Waals surface area contributed by atoms with E-state index in [2.05, 4.69) is 0 Å². The second kappa shape index (κ2) is 399. The van der Waals surface area contributed by atoms with E-state index in [1.165, 1.54) is 0 Å². The molecule has 0 aliphatic heterocycles. The van der Waals surface area contributed by atoms with Crippen molar-refractivity contribution in [1.82, 2.24) is 0 Å². The molecule has 0 aliphatic carbocycles. The largest absolute Gasteiger partial charge is 3.00 e. The molecule has 7 nitrogen and oxygen atoms in total. The van der Waals surface area contributed by atoms with E-state index in [4.69, 9.17) is 0 Å². The summed E-state index contributed by atoms with van der Waals surface area (Å²) in [6.45, 7) is 0. The van der Waals surface area contributed by atoms with Crippen LogP contribution in [0.15, 0.2) is 0 Å². The Kier molecular flexibility index (Phi) is 18700. The first kappa shape index (κ1) is 516. The van der Waals surface area contributed by atoms with E-state index in [1.807, 2.05) is 0 Å². The summed E-state index contributed by atoms with van der Waals surface area (Å²) in [5.41, 5.74) is 0. The van der Waals surface area contributed by atoms with Crippen LogP contribution in [0.4, 0.5) is 0 Å². The van der Waals surface area contributed by atoms with Gasteiger partial charge in [-0.25, -0.2) is 0 Å². The van der Waals surface area contributed by atoms with E-state index < -0.39 is 0 Å². The molecule has 0 unspecified atom stereocenters. The molecule has 14 N–H and O–H groups in total. The number of hydrogen-bond donors (Lipinski definition) is 0. The van der Waals surface area contributed by atoms with Crippen LogP contribution in [0.3, 0.4) is 0 Å². The predicted octanol–water partition coefficient (Wildman–Crippen LogP) is -14.8. The van der Waals surface area contributed by atoms with Crippen molar-refractivity contribution < 1.29 is 114 Å². The fraction of sp³-hybridized carbons (Fsp3) is 0. The molecule has 0 aliphatic rings. The SMILES string of the molecule is O.O.O.O.O.O.O.[Cl-].[Cl-].[Cl-].[Tb+3]. The molecule has 0 atom stereocenters. The zero-order chi connectivity index (χ0) is 0. The molecule has 11 heteroatoms. The first-order valence-electron chi connectivity index (χ1n) is 0.